The fourth-order valence-corrected chi connectivity index (χ4v) is 1.50. The normalized spacial score (nSPS) is 13.2. The minimum atomic E-state index is 0. The fourth-order valence-electron chi connectivity index (χ4n) is 1.50. The molecule has 120 valence electrons. The summed E-state index contributed by atoms with van der Waals surface area (Å²) in [6.07, 6.45) is 1.32. The van der Waals surface area contributed by atoms with Crippen molar-refractivity contribution in [1.29, 1.82) is 0 Å². The maximum Gasteiger partial charge on any atom is 0.0351 e. The zero-order chi connectivity index (χ0) is 11.7. The molecule has 0 saturated heterocycles. The van der Waals surface area contributed by atoms with E-state index >= 15 is 0 Å². The van der Waals surface area contributed by atoms with Crippen LogP contribution in [0.5, 0.6) is 0 Å². The van der Waals surface area contributed by atoms with Crippen molar-refractivity contribution in [2.45, 2.75) is 77.7 Å². The van der Waals surface area contributed by atoms with E-state index in [9.17, 15) is 0 Å². The quantitative estimate of drug-likeness (QED) is 0.545. The Morgan fingerprint density at radius 3 is 1.17 bits per heavy atom. The lowest BCUT2D eigenvalue weighted by atomic mass is 9.78. The van der Waals surface area contributed by atoms with E-state index in [2.05, 4.69) is 46.3 Å². The smallest absolute Gasteiger partial charge is 0.0351 e. The molecule has 0 aromatic carbocycles. The highest BCUT2D eigenvalue weighted by molar-refractivity contribution is 4.69. The van der Waals surface area contributed by atoms with Crippen LogP contribution in [0.4, 0.5) is 0 Å². The molecule has 0 rings (SSSR count). The first-order chi connectivity index (χ1) is 6.42. The third kappa shape index (κ3) is 18.3. The first-order valence-electron chi connectivity index (χ1n) is 5.82. The van der Waals surface area contributed by atoms with E-state index in [1.54, 1.807) is 14.2 Å². The zero-order valence-electron chi connectivity index (χ0n) is 11.4. The van der Waals surface area contributed by atoms with Crippen molar-refractivity contribution in [3.63, 3.8) is 0 Å². The van der Waals surface area contributed by atoms with Crippen molar-refractivity contribution in [2.24, 2.45) is 23.7 Å². The summed E-state index contributed by atoms with van der Waals surface area (Å²) in [4.78, 5) is 0. The summed E-state index contributed by atoms with van der Waals surface area (Å²) in [7, 11) is 3.25. The summed E-state index contributed by atoms with van der Waals surface area (Å²) < 4.78 is 4.25. The molecule has 0 aliphatic rings. The molecule has 0 heterocycles. The molecule has 0 aliphatic heterocycles. The molecule has 0 aromatic rings. The SMILES string of the molecule is C.C.C.C.CCC(C)C(C)C(C)C(C)C.COC. The first-order valence-corrected chi connectivity index (χ1v) is 5.82. The lowest BCUT2D eigenvalue weighted by molar-refractivity contribution is 0.219. The van der Waals surface area contributed by atoms with Crippen molar-refractivity contribution >= 4 is 0 Å². The van der Waals surface area contributed by atoms with Crippen LogP contribution in [-0.2, 0) is 4.74 Å². The van der Waals surface area contributed by atoms with Crippen LogP contribution in [0.2, 0.25) is 0 Å². The second-order valence-electron chi connectivity index (χ2n) is 4.76. The zero-order valence-corrected chi connectivity index (χ0v) is 11.4. The highest BCUT2D eigenvalue weighted by Crippen LogP contribution is 2.27. The summed E-state index contributed by atoms with van der Waals surface area (Å²) in [5, 5.41) is 0. The van der Waals surface area contributed by atoms with Gasteiger partial charge >= 0.3 is 0 Å². The van der Waals surface area contributed by atoms with Crippen LogP contribution in [0.3, 0.4) is 0 Å². The van der Waals surface area contributed by atoms with E-state index in [4.69, 9.17) is 0 Å². The molecule has 0 aromatic heterocycles. The summed E-state index contributed by atoms with van der Waals surface area (Å²) in [6.45, 7) is 14.1. The molecule has 0 N–H and O–H groups in total. The highest BCUT2D eigenvalue weighted by Gasteiger charge is 2.19. The minimum absolute atomic E-state index is 0. The second-order valence-corrected chi connectivity index (χ2v) is 4.76. The molecule has 1 nitrogen and oxygen atoms in total. The van der Waals surface area contributed by atoms with E-state index in [-0.39, 0.29) is 29.7 Å². The molecular weight excluding hydrogens is 220 g/mol. The average molecular weight is 267 g/mol. The van der Waals surface area contributed by atoms with Crippen molar-refractivity contribution in [3.05, 3.63) is 0 Å². The molecule has 0 bridgehead atoms. The second kappa shape index (κ2) is 22.2. The van der Waals surface area contributed by atoms with Crippen molar-refractivity contribution in [1.82, 2.24) is 0 Å². The van der Waals surface area contributed by atoms with Gasteiger partial charge < -0.3 is 4.74 Å². The Morgan fingerprint density at radius 1 is 0.722 bits per heavy atom. The van der Waals surface area contributed by atoms with Crippen LogP contribution >= 0.6 is 0 Å². The number of ether oxygens (including phenoxy) is 1. The van der Waals surface area contributed by atoms with Gasteiger partial charge in [-0.25, -0.2) is 0 Å². The predicted octanol–water partition coefficient (Wildman–Crippen LogP) is 6.77. The van der Waals surface area contributed by atoms with Crippen molar-refractivity contribution in [2.75, 3.05) is 14.2 Å². The Hall–Kier alpha value is -0.0400. The number of hydrogen-bond acceptors (Lipinski definition) is 1. The van der Waals surface area contributed by atoms with Gasteiger partial charge in [-0.3, -0.25) is 0 Å². The fraction of sp³-hybridized carbons (Fsp3) is 1.00. The predicted molar refractivity (Wildman–Crippen MR) is 92.5 cm³/mol. The van der Waals surface area contributed by atoms with E-state index in [0.29, 0.717) is 0 Å². The largest absolute Gasteiger partial charge is 0.388 e. The molecular formula is C17H46O. The topological polar surface area (TPSA) is 9.23 Å². The van der Waals surface area contributed by atoms with Crippen molar-refractivity contribution in [3.8, 4) is 0 Å². The number of methoxy groups -OCH3 is 1. The van der Waals surface area contributed by atoms with Gasteiger partial charge in [-0.2, -0.15) is 0 Å². The Balaban J connectivity index is -0.0000000469. The van der Waals surface area contributed by atoms with Gasteiger partial charge in [0.1, 0.15) is 0 Å². The van der Waals surface area contributed by atoms with Gasteiger partial charge in [0.2, 0.25) is 0 Å². The molecule has 18 heavy (non-hydrogen) atoms. The van der Waals surface area contributed by atoms with E-state index in [0.717, 1.165) is 23.7 Å². The van der Waals surface area contributed by atoms with Gasteiger partial charge in [-0.1, -0.05) is 77.7 Å². The lowest BCUT2D eigenvalue weighted by Crippen LogP contribution is -2.20. The standard InChI is InChI=1S/C11H24.C2H6O.4CH4/c1-7-9(4)11(6)10(5)8(2)3;1-3-2;;;;/h8-11H,7H2,1-6H3;1-2H3;4*1H4. The Bertz CT molecular complexity index is 110. The van der Waals surface area contributed by atoms with E-state index in [1.165, 1.54) is 6.42 Å². The molecule has 0 fully saturated rings. The van der Waals surface area contributed by atoms with Crippen LogP contribution in [0.15, 0.2) is 0 Å². The third-order valence-corrected chi connectivity index (χ3v) is 3.42. The Labute approximate surface area is 121 Å². The average Bonchev–Trinajstić information content (AvgIpc) is 2.15. The summed E-state index contributed by atoms with van der Waals surface area (Å²) in [6, 6.07) is 0. The summed E-state index contributed by atoms with van der Waals surface area (Å²) in [5.41, 5.74) is 0. The van der Waals surface area contributed by atoms with Crippen molar-refractivity contribution < 1.29 is 4.74 Å². The Kier molecular flexibility index (Phi) is 44.5. The molecule has 0 aliphatic carbocycles. The van der Waals surface area contributed by atoms with E-state index < -0.39 is 0 Å². The molecule has 0 spiro atoms. The first kappa shape index (κ1) is 36.1. The van der Waals surface area contributed by atoms with Gasteiger partial charge in [-0.05, 0) is 23.7 Å². The third-order valence-electron chi connectivity index (χ3n) is 3.42. The molecule has 3 atom stereocenters. The van der Waals surface area contributed by atoms with Crippen LogP contribution in [0.25, 0.3) is 0 Å². The van der Waals surface area contributed by atoms with Gasteiger partial charge in [0.15, 0.2) is 0 Å². The van der Waals surface area contributed by atoms with E-state index in [1.807, 2.05) is 0 Å². The van der Waals surface area contributed by atoms with Gasteiger partial charge in [0.25, 0.3) is 0 Å². The molecule has 3 unspecified atom stereocenters. The molecule has 0 amide bonds. The highest BCUT2D eigenvalue weighted by atomic mass is 16.4. The molecule has 0 radical (unpaired) electrons. The lowest BCUT2D eigenvalue weighted by Gasteiger charge is -2.28. The van der Waals surface area contributed by atoms with Crippen LogP contribution in [0, 0.1) is 23.7 Å². The minimum Gasteiger partial charge on any atom is -0.388 e. The van der Waals surface area contributed by atoms with Crippen LogP contribution in [0.1, 0.15) is 77.7 Å². The molecule has 1 heteroatoms. The summed E-state index contributed by atoms with van der Waals surface area (Å²) >= 11 is 0. The monoisotopic (exact) mass is 266 g/mol. The number of rotatable bonds is 4. The van der Waals surface area contributed by atoms with Gasteiger partial charge in [-0.15, -0.1) is 0 Å². The van der Waals surface area contributed by atoms with Crippen LogP contribution in [-0.4, -0.2) is 14.2 Å². The number of hydrogen-bond donors (Lipinski definition) is 0. The van der Waals surface area contributed by atoms with Gasteiger partial charge in [0, 0.05) is 14.2 Å². The van der Waals surface area contributed by atoms with Crippen LogP contribution < -0.4 is 0 Å². The Morgan fingerprint density at radius 2 is 1.00 bits per heavy atom. The maximum atomic E-state index is 4.25. The summed E-state index contributed by atoms with van der Waals surface area (Å²) in [5.74, 6) is 3.45. The molecule has 0 saturated carbocycles. The van der Waals surface area contributed by atoms with Gasteiger partial charge in [0.05, 0.1) is 0 Å². The maximum absolute atomic E-state index is 4.25.